The molecule has 3 rings (SSSR count). The zero-order valence-corrected chi connectivity index (χ0v) is 12.7. The van der Waals surface area contributed by atoms with Crippen molar-refractivity contribution in [1.29, 1.82) is 0 Å². The maximum atomic E-state index is 13.7. The molecule has 0 bridgehead atoms. The molecule has 0 heterocycles. The summed E-state index contributed by atoms with van der Waals surface area (Å²) in [6, 6.07) is 14.1. The van der Waals surface area contributed by atoms with Crippen LogP contribution < -0.4 is 5.32 Å². The summed E-state index contributed by atoms with van der Waals surface area (Å²) in [7, 11) is 1.93. The van der Waals surface area contributed by atoms with Gasteiger partial charge in [-0.1, -0.05) is 36.8 Å². The molecule has 0 aromatic heterocycles. The number of aryl methyl sites for hydroxylation is 1. The zero-order chi connectivity index (χ0) is 14.8. The fourth-order valence-corrected chi connectivity index (χ4v) is 3.19. The Morgan fingerprint density at radius 2 is 1.90 bits per heavy atom. The van der Waals surface area contributed by atoms with Gasteiger partial charge in [-0.25, -0.2) is 4.39 Å². The zero-order valence-electron chi connectivity index (χ0n) is 12.7. The van der Waals surface area contributed by atoms with Gasteiger partial charge in [0, 0.05) is 0 Å². The van der Waals surface area contributed by atoms with Crippen LogP contribution in [0.2, 0.25) is 0 Å². The smallest absolute Gasteiger partial charge is 0.123 e. The minimum Gasteiger partial charge on any atom is -0.309 e. The van der Waals surface area contributed by atoms with Gasteiger partial charge in [0.25, 0.3) is 0 Å². The van der Waals surface area contributed by atoms with E-state index in [4.69, 9.17) is 0 Å². The highest BCUT2D eigenvalue weighted by molar-refractivity contribution is 5.37. The third kappa shape index (κ3) is 3.01. The van der Waals surface area contributed by atoms with Gasteiger partial charge in [0.05, 0.1) is 6.04 Å². The van der Waals surface area contributed by atoms with Crippen LogP contribution in [0.3, 0.4) is 0 Å². The summed E-state index contributed by atoms with van der Waals surface area (Å²) in [6.45, 7) is 1.93. The van der Waals surface area contributed by atoms with Gasteiger partial charge in [-0.05, 0) is 67.1 Å². The van der Waals surface area contributed by atoms with Gasteiger partial charge < -0.3 is 5.32 Å². The third-order valence-corrected chi connectivity index (χ3v) is 4.51. The maximum Gasteiger partial charge on any atom is 0.123 e. The second-order valence-corrected chi connectivity index (χ2v) is 6.08. The number of nitrogens with one attached hydrogen (secondary N) is 1. The highest BCUT2D eigenvalue weighted by Crippen LogP contribution is 2.37. The Hall–Kier alpha value is -1.67. The lowest BCUT2D eigenvalue weighted by Gasteiger charge is -2.27. The summed E-state index contributed by atoms with van der Waals surface area (Å²) in [5.41, 5.74) is 4.58. The molecule has 0 radical (unpaired) electrons. The van der Waals surface area contributed by atoms with Crippen molar-refractivity contribution in [3.8, 4) is 0 Å². The summed E-state index contributed by atoms with van der Waals surface area (Å²) in [5, 5.41) is 3.32. The molecule has 1 aliphatic rings. The fraction of sp³-hybridized carbons (Fsp3) is 0.368. The highest BCUT2D eigenvalue weighted by atomic mass is 19.1. The quantitative estimate of drug-likeness (QED) is 0.857. The van der Waals surface area contributed by atoms with E-state index in [2.05, 4.69) is 35.6 Å². The van der Waals surface area contributed by atoms with Crippen molar-refractivity contribution in [3.63, 3.8) is 0 Å². The van der Waals surface area contributed by atoms with Crippen molar-refractivity contribution >= 4 is 0 Å². The molecule has 21 heavy (non-hydrogen) atoms. The molecule has 110 valence electrons. The Kier molecular flexibility index (Phi) is 4.07. The van der Waals surface area contributed by atoms with E-state index in [1.807, 2.05) is 14.0 Å². The molecule has 2 heteroatoms. The Morgan fingerprint density at radius 3 is 2.52 bits per heavy atom. The second kappa shape index (κ2) is 5.98. The van der Waals surface area contributed by atoms with Gasteiger partial charge in [0.15, 0.2) is 0 Å². The fourth-order valence-electron chi connectivity index (χ4n) is 3.19. The van der Waals surface area contributed by atoms with Crippen molar-refractivity contribution < 1.29 is 4.39 Å². The normalized spacial score (nSPS) is 16.5. The van der Waals surface area contributed by atoms with E-state index in [1.165, 1.54) is 30.4 Å². The summed E-state index contributed by atoms with van der Waals surface area (Å²) < 4.78 is 13.7. The van der Waals surface area contributed by atoms with Crippen LogP contribution in [0.4, 0.5) is 4.39 Å². The maximum absolute atomic E-state index is 13.7. The largest absolute Gasteiger partial charge is 0.309 e. The molecule has 0 amide bonds. The van der Waals surface area contributed by atoms with Crippen LogP contribution in [-0.4, -0.2) is 7.05 Å². The van der Waals surface area contributed by atoms with Crippen molar-refractivity contribution in [3.05, 3.63) is 70.5 Å². The minimum atomic E-state index is -0.166. The molecule has 1 atom stereocenters. The molecule has 1 aliphatic carbocycles. The molecular formula is C19H22FN. The minimum absolute atomic E-state index is 0.0411. The molecule has 0 aliphatic heterocycles. The van der Waals surface area contributed by atoms with Crippen molar-refractivity contribution in [2.24, 2.45) is 0 Å². The Balaban J connectivity index is 1.95. The predicted molar refractivity (Wildman–Crippen MR) is 85.1 cm³/mol. The van der Waals surface area contributed by atoms with E-state index < -0.39 is 0 Å². The monoisotopic (exact) mass is 283 g/mol. The molecule has 1 unspecified atom stereocenters. The van der Waals surface area contributed by atoms with Crippen LogP contribution in [0.15, 0.2) is 42.5 Å². The van der Waals surface area contributed by atoms with E-state index in [9.17, 15) is 4.39 Å². The van der Waals surface area contributed by atoms with E-state index in [0.29, 0.717) is 0 Å². The number of benzene rings is 2. The van der Waals surface area contributed by atoms with Crippen molar-refractivity contribution in [1.82, 2.24) is 5.32 Å². The lowest BCUT2D eigenvalue weighted by Crippen LogP contribution is -2.19. The molecule has 2 aromatic rings. The first-order chi connectivity index (χ1) is 10.2. The standard InChI is InChI=1S/C19H22FN/c1-13-9-17(12-18(20)10-13)19(21-2)16-8-4-7-15(11-16)14-5-3-6-14/h4,7-12,14,19,21H,3,5-6H2,1-2H3. The predicted octanol–water partition coefficient (Wildman–Crippen LogP) is 4.71. The molecule has 0 saturated heterocycles. The number of hydrogen-bond acceptors (Lipinski definition) is 1. The Morgan fingerprint density at radius 1 is 1.10 bits per heavy atom. The first-order valence-corrected chi connectivity index (χ1v) is 7.71. The van der Waals surface area contributed by atoms with Gasteiger partial charge in [-0.2, -0.15) is 0 Å². The van der Waals surface area contributed by atoms with Crippen molar-refractivity contribution in [2.75, 3.05) is 7.05 Å². The average molecular weight is 283 g/mol. The molecule has 1 fully saturated rings. The molecule has 1 saturated carbocycles. The van der Waals surface area contributed by atoms with Gasteiger partial charge in [0.1, 0.15) is 5.82 Å². The summed E-state index contributed by atoms with van der Waals surface area (Å²) >= 11 is 0. The van der Waals surface area contributed by atoms with E-state index >= 15 is 0 Å². The molecule has 0 spiro atoms. The molecule has 2 aromatic carbocycles. The van der Waals surface area contributed by atoms with Gasteiger partial charge in [-0.15, -0.1) is 0 Å². The summed E-state index contributed by atoms with van der Waals surface area (Å²) in [4.78, 5) is 0. The van der Waals surface area contributed by atoms with E-state index in [0.717, 1.165) is 17.0 Å². The first kappa shape index (κ1) is 14.3. The third-order valence-electron chi connectivity index (χ3n) is 4.51. The second-order valence-electron chi connectivity index (χ2n) is 6.08. The summed E-state index contributed by atoms with van der Waals surface area (Å²) in [5.74, 6) is 0.553. The van der Waals surface area contributed by atoms with Gasteiger partial charge in [-0.3, -0.25) is 0 Å². The lowest BCUT2D eigenvalue weighted by molar-refractivity contribution is 0.419. The molecule has 1 nitrogen and oxygen atoms in total. The lowest BCUT2D eigenvalue weighted by atomic mass is 9.79. The average Bonchev–Trinajstić information content (AvgIpc) is 2.37. The van der Waals surface area contributed by atoms with E-state index in [-0.39, 0.29) is 11.9 Å². The summed E-state index contributed by atoms with van der Waals surface area (Å²) in [6.07, 6.45) is 3.94. The van der Waals surface area contributed by atoms with Crippen LogP contribution in [-0.2, 0) is 0 Å². The number of hydrogen-bond donors (Lipinski definition) is 1. The Bertz CT molecular complexity index is 611. The Labute approximate surface area is 126 Å². The van der Waals surface area contributed by atoms with Crippen LogP contribution in [0.5, 0.6) is 0 Å². The first-order valence-electron chi connectivity index (χ1n) is 7.71. The van der Waals surface area contributed by atoms with Gasteiger partial charge >= 0.3 is 0 Å². The van der Waals surface area contributed by atoms with Crippen LogP contribution in [0, 0.1) is 12.7 Å². The molecule has 1 N–H and O–H groups in total. The highest BCUT2D eigenvalue weighted by Gasteiger charge is 2.21. The number of rotatable bonds is 4. The molecular weight excluding hydrogens is 261 g/mol. The van der Waals surface area contributed by atoms with Crippen LogP contribution in [0.25, 0.3) is 0 Å². The topological polar surface area (TPSA) is 12.0 Å². The van der Waals surface area contributed by atoms with Crippen LogP contribution >= 0.6 is 0 Å². The van der Waals surface area contributed by atoms with Crippen LogP contribution in [0.1, 0.15) is 53.5 Å². The number of halogens is 1. The SMILES string of the molecule is CNC(c1cc(C)cc(F)c1)c1cccc(C2CCC2)c1. The van der Waals surface area contributed by atoms with Gasteiger partial charge in [0.2, 0.25) is 0 Å². The van der Waals surface area contributed by atoms with E-state index in [1.54, 1.807) is 12.1 Å². The van der Waals surface area contributed by atoms with Crippen molar-refractivity contribution in [2.45, 2.75) is 38.1 Å².